The number of carbonyl (C=O) groups is 2. The topological polar surface area (TPSA) is 73.9 Å². The Morgan fingerprint density at radius 2 is 2.10 bits per heavy atom. The number of hydrogen-bond acceptors (Lipinski definition) is 5. The molecule has 0 unspecified atom stereocenters. The highest BCUT2D eigenvalue weighted by molar-refractivity contribution is 5.68. The van der Waals surface area contributed by atoms with E-state index in [4.69, 9.17) is 14.2 Å². The first kappa shape index (κ1) is 15.3. The van der Waals surface area contributed by atoms with Crippen LogP contribution < -0.4 is 5.32 Å². The molecule has 1 amide bonds. The largest absolute Gasteiger partial charge is 0.458 e. The average molecular weight is 293 g/mol. The van der Waals surface area contributed by atoms with Crippen molar-refractivity contribution in [3.63, 3.8) is 0 Å². The number of esters is 1. The third-order valence-corrected chi connectivity index (χ3v) is 3.06. The molecule has 1 saturated heterocycles. The summed E-state index contributed by atoms with van der Waals surface area (Å²) in [5, 5.41) is 2.58. The van der Waals surface area contributed by atoms with Gasteiger partial charge in [-0.1, -0.05) is 30.3 Å². The van der Waals surface area contributed by atoms with Crippen molar-refractivity contribution in [3.8, 4) is 0 Å². The van der Waals surface area contributed by atoms with Crippen LogP contribution in [-0.4, -0.2) is 31.0 Å². The van der Waals surface area contributed by atoms with Gasteiger partial charge in [0, 0.05) is 13.5 Å². The monoisotopic (exact) mass is 293 g/mol. The Hall–Kier alpha value is -2.08. The van der Waals surface area contributed by atoms with Gasteiger partial charge in [0.1, 0.15) is 12.7 Å². The molecule has 114 valence electrons. The lowest BCUT2D eigenvalue weighted by Gasteiger charge is -2.31. The summed E-state index contributed by atoms with van der Waals surface area (Å²) in [4.78, 5) is 22.8. The van der Waals surface area contributed by atoms with Crippen molar-refractivity contribution in [1.29, 1.82) is 0 Å². The van der Waals surface area contributed by atoms with Gasteiger partial charge in [0.05, 0.1) is 0 Å². The molecule has 1 fully saturated rings. The van der Waals surface area contributed by atoms with E-state index >= 15 is 0 Å². The lowest BCUT2D eigenvalue weighted by atomic mass is 10.1. The van der Waals surface area contributed by atoms with Gasteiger partial charge in [-0.2, -0.15) is 0 Å². The van der Waals surface area contributed by atoms with Crippen molar-refractivity contribution in [2.24, 2.45) is 0 Å². The Morgan fingerprint density at radius 1 is 1.33 bits per heavy atom. The maximum absolute atomic E-state index is 11.8. The highest BCUT2D eigenvalue weighted by Gasteiger charge is 2.30. The van der Waals surface area contributed by atoms with Crippen LogP contribution in [0.25, 0.3) is 0 Å². The smallest absolute Gasteiger partial charge is 0.409 e. The van der Waals surface area contributed by atoms with Gasteiger partial charge in [-0.15, -0.1) is 0 Å². The van der Waals surface area contributed by atoms with Crippen molar-refractivity contribution in [1.82, 2.24) is 5.32 Å². The van der Waals surface area contributed by atoms with Gasteiger partial charge < -0.3 is 14.2 Å². The predicted octanol–water partition coefficient (Wildman–Crippen LogP) is 1.98. The van der Waals surface area contributed by atoms with E-state index in [1.807, 2.05) is 30.3 Å². The van der Waals surface area contributed by atoms with Gasteiger partial charge in [0.25, 0.3) is 0 Å². The highest BCUT2D eigenvalue weighted by atomic mass is 16.6. The highest BCUT2D eigenvalue weighted by Crippen LogP contribution is 2.16. The Bertz CT molecular complexity index is 476. The minimum atomic E-state index is -0.661. The van der Waals surface area contributed by atoms with Crippen LogP contribution in [0.3, 0.4) is 0 Å². The average Bonchev–Trinajstić information content (AvgIpc) is 2.48. The molecule has 6 nitrogen and oxygen atoms in total. The molecular weight excluding hydrogens is 274 g/mol. The molecule has 1 aromatic carbocycles. The molecule has 0 aromatic heterocycles. The van der Waals surface area contributed by atoms with E-state index in [-0.39, 0.29) is 6.61 Å². The Kier molecular flexibility index (Phi) is 5.57. The molecule has 0 saturated carbocycles. The van der Waals surface area contributed by atoms with E-state index in [1.165, 1.54) is 6.92 Å². The van der Waals surface area contributed by atoms with Crippen LogP contribution in [0.4, 0.5) is 4.79 Å². The molecular formula is C15H19NO5. The van der Waals surface area contributed by atoms with Gasteiger partial charge in [0.15, 0.2) is 6.23 Å². The van der Waals surface area contributed by atoms with Gasteiger partial charge >= 0.3 is 12.1 Å². The Balaban J connectivity index is 1.81. The standard InChI is InChI=1S/C15H19NO5/c1-11(17)21-13-8-5-9-19-14(13)16-15(18)20-10-12-6-3-2-4-7-12/h2-4,6-7,13-14H,5,8-10H2,1H3,(H,16,18)/t13-,14+/m1/s1. The number of alkyl carbamates (subject to hydrolysis) is 1. The summed E-state index contributed by atoms with van der Waals surface area (Å²) < 4.78 is 15.7. The van der Waals surface area contributed by atoms with E-state index in [0.29, 0.717) is 13.0 Å². The van der Waals surface area contributed by atoms with Crippen LogP contribution >= 0.6 is 0 Å². The number of nitrogens with one attached hydrogen (secondary N) is 1. The number of amides is 1. The molecule has 2 rings (SSSR count). The molecule has 6 heteroatoms. The third-order valence-electron chi connectivity index (χ3n) is 3.06. The zero-order valence-electron chi connectivity index (χ0n) is 11.9. The summed E-state index contributed by atoms with van der Waals surface area (Å²) >= 11 is 0. The van der Waals surface area contributed by atoms with E-state index in [0.717, 1.165) is 12.0 Å². The molecule has 0 bridgehead atoms. The van der Waals surface area contributed by atoms with E-state index < -0.39 is 24.4 Å². The summed E-state index contributed by atoms with van der Waals surface area (Å²) in [6.07, 6.45) is -0.285. The van der Waals surface area contributed by atoms with E-state index in [9.17, 15) is 9.59 Å². The van der Waals surface area contributed by atoms with Gasteiger partial charge in [-0.3, -0.25) is 10.1 Å². The molecule has 0 aliphatic carbocycles. The quantitative estimate of drug-likeness (QED) is 0.859. The maximum Gasteiger partial charge on any atom is 0.409 e. The molecule has 2 atom stereocenters. The number of ether oxygens (including phenoxy) is 3. The van der Waals surface area contributed by atoms with Crippen LogP contribution in [0.5, 0.6) is 0 Å². The minimum Gasteiger partial charge on any atom is -0.458 e. The second kappa shape index (κ2) is 7.64. The zero-order chi connectivity index (χ0) is 15.1. The van der Waals surface area contributed by atoms with Crippen LogP contribution in [-0.2, 0) is 25.6 Å². The Morgan fingerprint density at radius 3 is 2.81 bits per heavy atom. The normalized spacial score (nSPS) is 21.4. The van der Waals surface area contributed by atoms with Crippen LogP contribution in [0.15, 0.2) is 30.3 Å². The summed E-state index contributed by atoms with van der Waals surface area (Å²) in [5.41, 5.74) is 0.897. The summed E-state index contributed by atoms with van der Waals surface area (Å²) in [6.45, 7) is 2.03. The van der Waals surface area contributed by atoms with Gasteiger partial charge in [-0.05, 0) is 18.4 Å². The minimum absolute atomic E-state index is 0.178. The number of carbonyl (C=O) groups excluding carboxylic acids is 2. The number of hydrogen-bond donors (Lipinski definition) is 1. The van der Waals surface area contributed by atoms with Crippen LogP contribution in [0.1, 0.15) is 25.3 Å². The fourth-order valence-corrected chi connectivity index (χ4v) is 2.10. The second-order valence-corrected chi connectivity index (χ2v) is 4.79. The molecule has 21 heavy (non-hydrogen) atoms. The number of benzene rings is 1. The first-order chi connectivity index (χ1) is 10.1. The zero-order valence-corrected chi connectivity index (χ0v) is 11.9. The van der Waals surface area contributed by atoms with E-state index in [2.05, 4.69) is 5.32 Å². The lowest BCUT2D eigenvalue weighted by Crippen LogP contribution is -2.49. The molecule has 1 heterocycles. The maximum atomic E-state index is 11.8. The van der Waals surface area contributed by atoms with Gasteiger partial charge in [-0.25, -0.2) is 4.79 Å². The summed E-state index contributed by atoms with van der Waals surface area (Å²) in [7, 11) is 0. The molecule has 0 spiro atoms. The van der Waals surface area contributed by atoms with Crippen LogP contribution in [0, 0.1) is 0 Å². The van der Waals surface area contributed by atoms with Gasteiger partial charge in [0.2, 0.25) is 0 Å². The SMILES string of the molecule is CC(=O)O[C@@H]1CCCO[C@@H]1NC(=O)OCc1ccccc1. The summed E-state index contributed by atoms with van der Waals surface area (Å²) in [5.74, 6) is -0.394. The van der Waals surface area contributed by atoms with E-state index in [1.54, 1.807) is 0 Å². The van der Waals surface area contributed by atoms with Crippen molar-refractivity contribution in [2.75, 3.05) is 6.61 Å². The molecule has 1 aliphatic heterocycles. The van der Waals surface area contributed by atoms with Crippen molar-refractivity contribution in [3.05, 3.63) is 35.9 Å². The second-order valence-electron chi connectivity index (χ2n) is 4.79. The molecule has 1 aliphatic rings. The molecule has 1 aromatic rings. The Labute approximate surface area is 123 Å². The molecule has 1 N–H and O–H groups in total. The lowest BCUT2D eigenvalue weighted by molar-refractivity contribution is -0.163. The first-order valence-electron chi connectivity index (χ1n) is 6.91. The third kappa shape index (κ3) is 5.07. The number of rotatable bonds is 4. The fourth-order valence-electron chi connectivity index (χ4n) is 2.10. The first-order valence-corrected chi connectivity index (χ1v) is 6.91. The summed E-state index contributed by atoms with van der Waals surface area (Å²) in [6, 6.07) is 9.37. The van der Waals surface area contributed by atoms with Crippen molar-refractivity contribution >= 4 is 12.1 Å². The van der Waals surface area contributed by atoms with Crippen molar-refractivity contribution < 1.29 is 23.8 Å². The predicted molar refractivity (Wildman–Crippen MR) is 74.3 cm³/mol. The van der Waals surface area contributed by atoms with Crippen LogP contribution in [0.2, 0.25) is 0 Å². The fraction of sp³-hybridized carbons (Fsp3) is 0.467. The van der Waals surface area contributed by atoms with Crippen molar-refractivity contribution in [2.45, 2.75) is 38.7 Å². The molecule has 0 radical (unpaired) electrons.